The maximum Gasteiger partial charge on any atom is 0.229 e. The predicted octanol–water partition coefficient (Wildman–Crippen LogP) is 4.16. The number of nitrogens with zero attached hydrogens (tertiary/aromatic N) is 1. The van der Waals surface area contributed by atoms with E-state index in [4.69, 9.17) is 9.47 Å². The lowest BCUT2D eigenvalue weighted by Crippen LogP contribution is -2.30. The maximum atomic E-state index is 13.7. The van der Waals surface area contributed by atoms with Crippen LogP contribution in [-0.4, -0.2) is 28.5 Å². The van der Waals surface area contributed by atoms with Crippen molar-refractivity contribution in [2.45, 2.75) is 23.1 Å². The highest BCUT2D eigenvalue weighted by Gasteiger charge is 2.39. The standard InChI is InChI=1S/C24H23NO5S/c1-29-20-13-12-18(14-21(20)30-2)23-15-24(26)25(16-17-8-4-3-5-9-17)19-10-6-7-11-22(19)31(23,27)28/h3-14,23H,15-16H2,1-2H3/t23-/m0/s1. The van der Waals surface area contributed by atoms with Crippen LogP contribution >= 0.6 is 0 Å². The summed E-state index contributed by atoms with van der Waals surface area (Å²) >= 11 is 0. The zero-order valence-electron chi connectivity index (χ0n) is 17.3. The molecule has 4 rings (SSSR count). The maximum absolute atomic E-state index is 13.7. The van der Waals surface area contributed by atoms with Gasteiger partial charge in [-0.25, -0.2) is 8.42 Å². The molecule has 1 amide bonds. The van der Waals surface area contributed by atoms with E-state index in [-0.39, 0.29) is 17.2 Å². The Morgan fingerprint density at radius 3 is 2.29 bits per heavy atom. The Bertz CT molecular complexity index is 1210. The number of rotatable bonds is 5. The Labute approximate surface area is 182 Å². The first-order valence-corrected chi connectivity index (χ1v) is 11.4. The predicted molar refractivity (Wildman–Crippen MR) is 118 cm³/mol. The molecule has 0 saturated heterocycles. The molecule has 0 spiro atoms. The second-order valence-corrected chi connectivity index (χ2v) is 9.38. The van der Waals surface area contributed by atoms with Gasteiger partial charge in [0.05, 0.1) is 36.6 Å². The van der Waals surface area contributed by atoms with Crippen LogP contribution in [0.1, 0.15) is 22.8 Å². The van der Waals surface area contributed by atoms with E-state index in [0.29, 0.717) is 29.3 Å². The molecule has 0 aliphatic carbocycles. The van der Waals surface area contributed by atoms with E-state index >= 15 is 0 Å². The molecule has 0 saturated carbocycles. The highest BCUT2D eigenvalue weighted by Crippen LogP contribution is 2.42. The number of hydrogen-bond acceptors (Lipinski definition) is 5. The number of fused-ring (bicyclic) bond motifs is 1. The first kappa shape index (κ1) is 20.9. The van der Waals surface area contributed by atoms with Crippen LogP contribution < -0.4 is 14.4 Å². The van der Waals surface area contributed by atoms with Gasteiger partial charge in [-0.2, -0.15) is 0 Å². The number of amides is 1. The van der Waals surface area contributed by atoms with Crippen LogP contribution in [0.2, 0.25) is 0 Å². The van der Waals surface area contributed by atoms with E-state index in [0.717, 1.165) is 5.56 Å². The molecule has 1 aliphatic heterocycles. The Morgan fingerprint density at radius 2 is 1.58 bits per heavy atom. The fourth-order valence-electron chi connectivity index (χ4n) is 3.88. The number of benzene rings is 3. The first-order chi connectivity index (χ1) is 15.0. The van der Waals surface area contributed by atoms with Crippen LogP contribution in [0.5, 0.6) is 11.5 Å². The molecule has 7 heteroatoms. The molecule has 0 N–H and O–H groups in total. The molecule has 6 nitrogen and oxygen atoms in total. The summed E-state index contributed by atoms with van der Waals surface area (Å²) in [6, 6.07) is 21.2. The number of methoxy groups -OCH3 is 2. The highest BCUT2D eigenvalue weighted by molar-refractivity contribution is 7.92. The fourth-order valence-corrected chi connectivity index (χ4v) is 5.79. The second-order valence-electron chi connectivity index (χ2n) is 7.29. The van der Waals surface area contributed by atoms with Crippen molar-refractivity contribution < 1.29 is 22.7 Å². The number of ether oxygens (including phenoxy) is 2. The van der Waals surface area contributed by atoms with Crippen LogP contribution in [0.4, 0.5) is 5.69 Å². The smallest absolute Gasteiger partial charge is 0.229 e. The topological polar surface area (TPSA) is 72.9 Å². The van der Waals surface area contributed by atoms with E-state index in [9.17, 15) is 13.2 Å². The van der Waals surface area contributed by atoms with Gasteiger partial charge in [0.15, 0.2) is 21.3 Å². The third kappa shape index (κ3) is 3.88. The van der Waals surface area contributed by atoms with Gasteiger partial charge in [-0.1, -0.05) is 48.5 Å². The summed E-state index contributed by atoms with van der Waals surface area (Å²) in [5.74, 6) is 0.660. The van der Waals surface area contributed by atoms with Crippen molar-refractivity contribution in [3.63, 3.8) is 0 Å². The molecular formula is C24H23NO5S. The summed E-state index contributed by atoms with van der Waals surface area (Å²) in [4.78, 5) is 15.0. The van der Waals surface area contributed by atoms with E-state index in [1.807, 2.05) is 30.3 Å². The minimum absolute atomic E-state index is 0.150. The summed E-state index contributed by atoms with van der Waals surface area (Å²) < 4.78 is 38.0. The summed E-state index contributed by atoms with van der Waals surface area (Å²) in [7, 11) is -0.828. The van der Waals surface area contributed by atoms with Crippen molar-refractivity contribution in [3.05, 3.63) is 83.9 Å². The number of sulfone groups is 1. The molecule has 1 atom stereocenters. The minimum Gasteiger partial charge on any atom is -0.493 e. The average molecular weight is 438 g/mol. The molecule has 31 heavy (non-hydrogen) atoms. The van der Waals surface area contributed by atoms with Gasteiger partial charge in [0.1, 0.15) is 0 Å². The first-order valence-electron chi connectivity index (χ1n) is 9.85. The van der Waals surface area contributed by atoms with Gasteiger partial charge in [-0.15, -0.1) is 0 Å². The van der Waals surface area contributed by atoms with Gasteiger partial charge in [-0.3, -0.25) is 4.79 Å². The molecule has 0 radical (unpaired) electrons. The second kappa shape index (κ2) is 8.43. The number of hydrogen-bond donors (Lipinski definition) is 0. The molecule has 160 valence electrons. The lowest BCUT2D eigenvalue weighted by Gasteiger charge is -2.22. The SMILES string of the molecule is COc1ccc([C@@H]2CC(=O)N(Cc3ccccc3)c3ccccc3S2(=O)=O)cc1OC. The number of para-hydroxylation sites is 1. The van der Waals surface area contributed by atoms with Gasteiger partial charge >= 0.3 is 0 Å². The molecule has 3 aromatic rings. The molecular weight excluding hydrogens is 414 g/mol. The largest absolute Gasteiger partial charge is 0.493 e. The molecule has 0 fully saturated rings. The summed E-state index contributed by atoms with van der Waals surface area (Å²) in [6.07, 6.45) is -0.167. The zero-order chi connectivity index (χ0) is 22.0. The van der Waals surface area contributed by atoms with E-state index in [1.165, 1.54) is 14.2 Å². The molecule has 1 heterocycles. The average Bonchev–Trinajstić information content (AvgIpc) is 2.88. The monoisotopic (exact) mass is 437 g/mol. The van der Waals surface area contributed by atoms with Crippen LogP contribution in [0.3, 0.4) is 0 Å². The molecule has 1 aliphatic rings. The van der Waals surface area contributed by atoms with Crippen molar-refractivity contribution in [3.8, 4) is 11.5 Å². The van der Waals surface area contributed by atoms with E-state index in [2.05, 4.69) is 0 Å². The Morgan fingerprint density at radius 1 is 0.903 bits per heavy atom. The van der Waals surface area contributed by atoms with Crippen molar-refractivity contribution in [2.75, 3.05) is 19.1 Å². The Balaban J connectivity index is 1.83. The minimum atomic E-state index is -3.83. The normalized spacial score (nSPS) is 17.5. The van der Waals surface area contributed by atoms with Gasteiger partial charge in [0, 0.05) is 6.42 Å². The van der Waals surface area contributed by atoms with Crippen LogP contribution in [0, 0.1) is 0 Å². The third-order valence-electron chi connectivity index (χ3n) is 5.46. The fraction of sp³-hybridized carbons (Fsp3) is 0.208. The highest BCUT2D eigenvalue weighted by atomic mass is 32.2. The molecule has 0 bridgehead atoms. The van der Waals surface area contributed by atoms with Crippen molar-refractivity contribution in [1.29, 1.82) is 0 Å². The lowest BCUT2D eigenvalue weighted by molar-refractivity contribution is -0.118. The number of carbonyl (C=O) groups is 1. The van der Waals surface area contributed by atoms with E-state index < -0.39 is 15.1 Å². The Hall–Kier alpha value is -3.32. The zero-order valence-corrected chi connectivity index (χ0v) is 18.1. The van der Waals surface area contributed by atoms with Crippen LogP contribution in [0.25, 0.3) is 0 Å². The van der Waals surface area contributed by atoms with Gasteiger partial charge in [0.2, 0.25) is 5.91 Å². The van der Waals surface area contributed by atoms with Gasteiger partial charge in [0.25, 0.3) is 0 Å². The molecule has 0 unspecified atom stereocenters. The number of carbonyl (C=O) groups excluding carboxylic acids is 1. The number of anilines is 1. The summed E-state index contributed by atoms with van der Waals surface area (Å²) in [5.41, 5.74) is 1.81. The third-order valence-corrected chi connectivity index (χ3v) is 7.61. The molecule has 0 aromatic heterocycles. The lowest BCUT2D eigenvalue weighted by atomic mass is 10.1. The van der Waals surface area contributed by atoms with Crippen LogP contribution in [-0.2, 0) is 21.2 Å². The van der Waals surface area contributed by atoms with Gasteiger partial charge < -0.3 is 14.4 Å². The van der Waals surface area contributed by atoms with Crippen molar-refractivity contribution in [2.24, 2.45) is 0 Å². The summed E-state index contributed by atoms with van der Waals surface area (Å²) in [5, 5.41) is -1.03. The molecule has 3 aromatic carbocycles. The Kier molecular flexibility index (Phi) is 5.69. The van der Waals surface area contributed by atoms with Gasteiger partial charge in [-0.05, 0) is 35.4 Å². The van der Waals surface area contributed by atoms with Crippen molar-refractivity contribution in [1.82, 2.24) is 0 Å². The quantitative estimate of drug-likeness (QED) is 0.599. The van der Waals surface area contributed by atoms with Crippen LogP contribution in [0.15, 0.2) is 77.7 Å². The van der Waals surface area contributed by atoms with Crippen molar-refractivity contribution >= 4 is 21.4 Å². The van der Waals surface area contributed by atoms with E-state index in [1.54, 1.807) is 47.4 Å². The summed E-state index contributed by atoms with van der Waals surface area (Å²) in [6.45, 7) is 0.296.